The first kappa shape index (κ1) is 86.4. The number of aliphatic carboxylic acids is 2. The molecule has 0 aliphatic rings. The van der Waals surface area contributed by atoms with Crippen molar-refractivity contribution in [2.75, 3.05) is 48.3 Å². The van der Waals surface area contributed by atoms with Crippen LogP contribution >= 0.6 is 0 Å². The van der Waals surface area contributed by atoms with Crippen molar-refractivity contribution in [2.45, 2.75) is 94.6 Å². The van der Waals surface area contributed by atoms with E-state index >= 15 is 0 Å². The van der Waals surface area contributed by atoms with Crippen LogP contribution in [0.4, 0.5) is 17.6 Å². The van der Waals surface area contributed by atoms with Gasteiger partial charge in [-0.3, -0.25) is 27.6 Å². The van der Waals surface area contributed by atoms with Gasteiger partial charge in [-0.1, -0.05) is 18.2 Å². The van der Waals surface area contributed by atoms with Crippen LogP contribution in [0.2, 0.25) is 0 Å². The molecule has 6 heterocycles. The van der Waals surface area contributed by atoms with Crippen molar-refractivity contribution in [3.05, 3.63) is 203 Å². The summed E-state index contributed by atoms with van der Waals surface area (Å²) >= 11 is 0. The second kappa shape index (κ2) is 36.2. The number of methoxy groups -OCH3 is 4. The predicted molar refractivity (Wildman–Crippen MR) is 410 cm³/mol. The fourth-order valence-electron chi connectivity index (χ4n) is 11.3. The molecule has 0 spiro atoms. The van der Waals surface area contributed by atoms with Gasteiger partial charge in [-0.05, 0) is 136 Å². The number of aromatic nitrogens is 9. The Balaban J connectivity index is 0.000000184. The number of pyridine rings is 3. The van der Waals surface area contributed by atoms with E-state index in [1.165, 1.54) is 139 Å². The van der Waals surface area contributed by atoms with Crippen LogP contribution < -0.4 is 37.9 Å². The third-order valence-electron chi connectivity index (χ3n) is 16.7. The summed E-state index contributed by atoms with van der Waals surface area (Å²) in [5, 5.41) is 26.1. The van der Waals surface area contributed by atoms with Crippen molar-refractivity contribution in [3.8, 4) is 46.0 Å². The molecule has 12 rings (SSSR count). The first-order valence-corrected chi connectivity index (χ1v) is 41.8. The lowest BCUT2D eigenvalue weighted by Crippen LogP contribution is -2.21. The molecular formula is C74H69F4N9O23S6. The van der Waals surface area contributed by atoms with Gasteiger partial charge in [0, 0.05) is 60.4 Å². The molecule has 0 aliphatic carbocycles. The van der Waals surface area contributed by atoms with Crippen LogP contribution in [0.1, 0.15) is 56.6 Å². The lowest BCUT2D eigenvalue weighted by molar-refractivity contribution is -0.140. The van der Waals surface area contributed by atoms with E-state index in [1.54, 1.807) is 50.4 Å². The molecule has 3 unspecified atom stereocenters. The lowest BCUT2D eigenvalue weighted by atomic mass is 10.1. The van der Waals surface area contributed by atoms with Crippen molar-refractivity contribution in [2.24, 2.45) is 0 Å². The van der Waals surface area contributed by atoms with Crippen LogP contribution in [0.25, 0.3) is 33.1 Å². The van der Waals surface area contributed by atoms with Crippen molar-refractivity contribution in [3.63, 3.8) is 0 Å². The van der Waals surface area contributed by atoms with Crippen molar-refractivity contribution >= 4 is 113 Å². The van der Waals surface area contributed by atoms with E-state index in [2.05, 4.69) is 34.6 Å². The molecule has 12 aromatic rings. The zero-order valence-electron chi connectivity index (χ0n) is 62.3. The third-order valence-corrected chi connectivity index (χ3v) is 26.0. The Labute approximate surface area is 666 Å². The summed E-state index contributed by atoms with van der Waals surface area (Å²) in [4.78, 5) is 58.0. The summed E-state index contributed by atoms with van der Waals surface area (Å²) in [7, 11) is -13.6. The van der Waals surface area contributed by atoms with E-state index in [4.69, 9.17) is 43.4 Å². The minimum absolute atomic E-state index is 0.0539. The van der Waals surface area contributed by atoms with Crippen LogP contribution in [-0.2, 0) is 89.3 Å². The smallest absolute Gasteiger partial charge is 0.387 e. The SMILES string of the molecule is COc1ccc2c(c1)nc(S(=O)Cc1ncc(C)c(OC)c1C)n2S(=O)(=O)c1ccc(OCC(=O)O)cc1.COc1ccnc(CS(=O)c2nc3cc(OC(F)F)ccc3n2S(=O)(=O)c2ccc(OCC(=O)O)cc2)c1OC.Cc1ccc(C(=O)O)cc1S(=O)(=O)n1c(S(=O)Cc2nccc(OCC(C)(F)F)c2C)nc2ccccc21. The number of fused-ring (bicyclic) bond motifs is 3. The fourth-order valence-corrected chi connectivity index (χ4v) is 20.6. The van der Waals surface area contributed by atoms with Crippen LogP contribution in [-0.4, -0.2) is 174 Å². The van der Waals surface area contributed by atoms with Crippen LogP contribution in [0.3, 0.4) is 0 Å². The van der Waals surface area contributed by atoms with Crippen LogP contribution in [0.5, 0.6) is 46.0 Å². The minimum Gasteiger partial charge on any atom is -0.497 e. The van der Waals surface area contributed by atoms with E-state index in [0.29, 0.717) is 39.6 Å². The first-order chi connectivity index (χ1) is 54.9. The maximum atomic E-state index is 13.9. The quantitative estimate of drug-likeness (QED) is 0.0340. The number of hydrogen-bond acceptors (Lipinski definition) is 26. The number of alkyl halides is 4. The highest BCUT2D eigenvalue weighted by Gasteiger charge is 2.34. The van der Waals surface area contributed by atoms with Crippen LogP contribution in [0.15, 0.2) is 188 Å². The molecule has 3 atom stereocenters. The Bertz CT molecular complexity index is 6190. The number of ether oxygens (including phenoxy) is 8. The number of halogens is 4. The summed E-state index contributed by atoms with van der Waals surface area (Å²) in [6, 6.07) is 31.2. The molecule has 6 aromatic carbocycles. The highest BCUT2D eigenvalue weighted by atomic mass is 32.2. The molecule has 0 saturated heterocycles. The topological polar surface area (TPSA) is 431 Å². The van der Waals surface area contributed by atoms with E-state index in [1.807, 2.05) is 6.92 Å². The van der Waals surface area contributed by atoms with E-state index in [-0.39, 0.29) is 121 Å². The third kappa shape index (κ3) is 19.5. The second-order valence-corrected chi connectivity index (χ2v) is 34.1. The number of rotatable bonds is 31. The zero-order valence-corrected chi connectivity index (χ0v) is 67.2. The number of aryl methyl sites for hydroxylation is 2. The molecular weight excluding hydrogens is 1650 g/mol. The van der Waals surface area contributed by atoms with Gasteiger partial charge >= 0.3 is 24.5 Å². The highest BCUT2D eigenvalue weighted by molar-refractivity contribution is 7.92. The summed E-state index contributed by atoms with van der Waals surface area (Å²) in [5.74, 6) is -5.74. The number of carboxylic acids is 3. The van der Waals surface area contributed by atoms with Gasteiger partial charge in [0.25, 0.3) is 36.0 Å². The number of imidazole rings is 3. The Morgan fingerprint density at radius 2 is 0.940 bits per heavy atom. The van der Waals surface area contributed by atoms with Gasteiger partial charge in [-0.25, -0.2) is 75.3 Å². The Morgan fingerprint density at radius 3 is 1.43 bits per heavy atom. The average Bonchev–Trinajstić information content (AvgIpc) is 1.58. The maximum Gasteiger partial charge on any atom is 0.387 e. The second-order valence-electron chi connectivity index (χ2n) is 24.7. The van der Waals surface area contributed by atoms with Crippen molar-refractivity contribution < 1.29 is 123 Å². The number of para-hydroxylation sites is 2. The predicted octanol–water partition coefficient (Wildman–Crippen LogP) is 10.5. The molecule has 0 amide bonds. The van der Waals surface area contributed by atoms with Gasteiger partial charge in [-0.15, -0.1) is 0 Å². The molecule has 0 saturated carbocycles. The number of benzene rings is 6. The largest absolute Gasteiger partial charge is 0.497 e. The number of aromatic carboxylic acids is 1. The molecule has 0 fully saturated rings. The molecule has 612 valence electrons. The lowest BCUT2D eigenvalue weighted by Gasteiger charge is -2.15. The average molecular weight is 1720 g/mol. The molecule has 3 N–H and O–H groups in total. The molecule has 32 nitrogen and oxygen atoms in total. The molecule has 116 heavy (non-hydrogen) atoms. The van der Waals surface area contributed by atoms with Crippen molar-refractivity contribution in [1.82, 2.24) is 41.8 Å². The number of nitrogens with zero attached hydrogens (tertiary/aromatic N) is 9. The number of hydrogen-bond donors (Lipinski definition) is 3. The van der Waals surface area contributed by atoms with Gasteiger partial charge in [-0.2, -0.15) is 8.78 Å². The monoisotopic (exact) mass is 1720 g/mol. The fraction of sp³-hybridized carbons (Fsp3) is 0.230. The van der Waals surface area contributed by atoms with Crippen LogP contribution in [0, 0.1) is 27.7 Å². The van der Waals surface area contributed by atoms with E-state index in [0.717, 1.165) is 42.6 Å². The van der Waals surface area contributed by atoms with Gasteiger partial charge in [0.2, 0.25) is 15.5 Å². The summed E-state index contributed by atoms with van der Waals surface area (Å²) < 4.78 is 219. The summed E-state index contributed by atoms with van der Waals surface area (Å²) in [6.45, 7) is 2.26. The zero-order chi connectivity index (χ0) is 84.5. The standard InChI is InChI=1S/C25H23F2N3O6S2.C25H25N3O8S2.C24H21F2N3O9S2/c1-15-8-9-17(23(31)32)12-22(15)38(34,35)30-20-7-5-4-6-18(20)29-24(30)37(33)13-19-16(2)21(10-11-28-19)36-14-25(3,26)27;1-15-12-26-21(16(2)24(15)35-4)14-37(31)25-27-20-11-18(34-3)7-10-22(20)28(25)38(32,33)19-8-5-17(6-9-19)36-13-23(29)30;1-35-20-9-10-27-18(22(20)36-2)13-39(32)24-28-17-11-15(38-23(25)26)5-8-19(17)29(24)40(33,34)16-6-3-14(4-7-16)37-12-21(30)31/h4-12H,13-14H2,1-3H3,(H,31,32);5-12H,13-14H2,1-4H3,(H,29,30);3-11,23H,12-13H2,1-2H3,(H,30,31). The van der Waals surface area contributed by atoms with E-state index < -0.39 is 118 Å². The Morgan fingerprint density at radius 1 is 0.483 bits per heavy atom. The molecule has 0 radical (unpaired) electrons. The molecule has 42 heteroatoms. The highest BCUT2D eigenvalue weighted by Crippen LogP contribution is 2.37. The Hall–Kier alpha value is -12.0. The maximum absolute atomic E-state index is 13.9. The van der Waals surface area contributed by atoms with Gasteiger partial charge < -0.3 is 53.2 Å². The van der Waals surface area contributed by atoms with Gasteiger partial charge in [0.1, 0.15) is 34.5 Å². The summed E-state index contributed by atoms with van der Waals surface area (Å²) in [5.41, 5.74) is 3.67. The number of carboxylic acid groups (broad SMARTS) is 3. The molecule has 0 aliphatic heterocycles. The van der Waals surface area contributed by atoms with E-state index in [9.17, 15) is 74.9 Å². The van der Waals surface area contributed by atoms with Gasteiger partial charge in [0.05, 0.1) is 149 Å². The normalized spacial score (nSPS) is 12.5. The Kier molecular flexibility index (Phi) is 27.0. The summed E-state index contributed by atoms with van der Waals surface area (Å²) in [6.07, 6.45) is 4.33. The van der Waals surface area contributed by atoms with Crippen molar-refractivity contribution in [1.29, 1.82) is 0 Å². The first-order valence-electron chi connectivity index (χ1n) is 33.6. The molecule has 0 bridgehead atoms. The van der Waals surface area contributed by atoms with Gasteiger partial charge in [0.15, 0.2) is 31.3 Å². The number of carbonyl (C=O) groups is 3. The molecule has 6 aromatic heterocycles. The minimum atomic E-state index is -4.48.